The van der Waals surface area contributed by atoms with Crippen LogP contribution in [-0.2, 0) is 5.41 Å². The Kier molecular flexibility index (Phi) is 5.70. The highest BCUT2D eigenvalue weighted by atomic mass is 14.3. The molecule has 0 bridgehead atoms. The molecule has 0 aliphatic heterocycles. The first kappa shape index (κ1) is 18.5. The number of rotatable bonds is 6. The normalized spacial score (nSPS) is 12.0. The van der Waals surface area contributed by atoms with Gasteiger partial charge in [-0.2, -0.15) is 0 Å². The molecule has 0 heterocycles. The predicted molar refractivity (Wildman–Crippen MR) is 108 cm³/mol. The lowest BCUT2D eigenvalue weighted by molar-refractivity contribution is 0.541. The monoisotopic (exact) mass is 320 g/mol. The van der Waals surface area contributed by atoms with Gasteiger partial charge in [0.15, 0.2) is 0 Å². The number of hydrogen-bond donors (Lipinski definition) is 0. The summed E-state index contributed by atoms with van der Waals surface area (Å²) >= 11 is 0. The summed E-state index contributed by atoms with van der Waals surface area (Å²) in [5.41, 5.74) is 6.72. The van der Waals surface area contributed by atoms with Crippen LogP contribution >= 0.6 is 0 Å². The van der Waals surface area contributed by atoms with Crippen LogP contribution in [0.4, 0.5) is 0 Å². The molecular formula is C24H32. The van der Waals surface area contributed by atoms with E-state index in [2.05, 4.69) is 96.7 Å². The average Bonchev–Trinajstić information content (AvgIpc) is 2.54. The van der Waals surface area contributed by atoms with Crippen LogP contribution in [0.25, 0.3) is 5.57 Å². The zero-order chi connectivity index (χ0) is 17.9. The van der Waals surface area contributed by atoms with Crippen LogP contribution < -0.4 is 0 Å². The first-order valence-corrected chi connectivity index (χ1v) is 9.09. The Labute approximate surface area is 148 Å². The first-order valence-electron chi connectivity index (χ1n) is 9.09. The average molecular weight is 321 g/mol. The van der Waals surface area contributed by atoms with E-state index in [0.29, 0.717) is 11.8 Å². The van der Waals surface area contributed by atoms with Crippen molar-refractivity contribution in [1.82, 2.24) is 0 Å². The quantitative estimate of drug-likeness (QED) is 0.523. The minimum atomic E-state index is 0.0866. The molecule has 0 radical (unpaired) electrons. The summed E-state index contributed by atoms with van der Waals surface area (Å²) in [6, 6.07) is 18.0. The SMILES string of the molecule is C=C(CC(C)(C)c1ccc(C(C)C)cc1)c1ccc(C(C)C)cc1. The third-order valence-electron chi connectivity index (χ3n) is 5.00. The van der Waals surface area contributed by atoms with Crippen molar-refractivity contribution < 1.29 is 0 Å². The molecule has 24 heavy (non-hydrogen) atoms. The second-order valence-electron chi connectivity index (χ2n) is 8.22. The van der Waals surface area contributed by atoms with Gasteiger partial charge in [0.2, 0.25) is 0 Å². The molecule has 0 unspecified atom stereocenters. The van der Waals surface area contributed by atoms with Gasteiger partial charge in [-0.15, -0.1) is 0 Å². The van der Waals surface area contributed by atoms with Gasteiger partial charge in [-0.25, -0.2) is 0 Å². The van der Waals surface area contributed by atoms with E-state index in [1.165, 1.54) is 27.8 Å². The Hall–Kier alpha value is -1.82. The zero-order valence-corrected chi connectivity index (χ0v) is 16.2. The van der Waals surface area contributed by atoms with Gasteiger partial charge in [0.1, 0.15) is 0 Å². The lowest BCUT2D eigenvalue weighted by Crippen LogP contribution is -2.17. The minimum absolute atomic E-state index is 0.0866. The summed E-state index contributed by atoms with van der Waals surface area (Å²) in [6.07, 6.45) is 0.967. The molecular weight excluding hydrogens is 288 g/mol. The molecule has 0 aromatic heterocycles. The van der Waals surface area contributed by atoms with Crippen LogP contribution in [0.15, 0.2) is 55.1 Å². The van der Waals surface area contributed by atoms with E-state index in [1.54, 1.807) is 0 Å². The molecule has 0 nitrogen and oxygen atoms in total. The van der Waals surface area contributed by atoms with E-state index >= 15 is 0 Å². The molecule has 0 saturated carbocycles. The fourth-order valence-electron chi connectivity index (χ4n) is 3.16. The van der Waals surface area contributed by atoms with Gasteiger partial charge in [0, 0.05) is 0 Å². The lowest BCUT2D eigenvalue weighted by atomic mass is 9.77. The van der Waals surface area contributed by atoms with E-state index in [1.807, 2.05) is 0 Å². The van der Waals surface area contributed by atoms with Crippen molar-refractivity contribution in [3.8, 4) is 0 Å². The van der Waals surface area contributed by atoms with E-state index in [9.17, 15) is 0 Å². The van der Waals surface area contributed by atoms with Crippen molar-refractivity contribution in [2.24, 2.45) is 0 Å². The maximum absolute atomic E-state index is 4.36. The molecule has 2 rings (SSSR count). The maximum atomic E-state index is 4.36. The molecule has 128 valence electrons. The summed E-state index contributed by atoms with van der Waals surface area (Å²) in [5, 5.41) is 0. The Morgan fingerprint density at radius 1 is 0.792 bits per heavy atom. The first-order chi connectivity index (χ1) is 11.2. The van der Waals surface area contributed by atoms with Gasteiger partial charge in [-0.05, 0) is 51.5 Å². The highest BCUT2D eigenvalue weighted by Crippen LogP contribution is 2.34. The molecule has 0 N–H and O–H groups in total. The number of allylic oxidation sites excluding steroid dienone is 1. The number of benzene rings is 2. The number of hydrogen-bond acceptors (Lipinski definition) is 0. The van der Waals surface area contributed by atoms with E-state index < -0.39 is 0 Å². The molecule has 2 aromatic rings. The molecule has 0 aliphatic carbocycles. The molecule has 0 saturated heterocycles. The lowest BCUT2D eigenvalue weighted by Gasteiger charge is -2.27. The van der Waals surface area contributed by atoms with Crippen LogP contribution in [0.1, 0.15) is 82.1 Å². The zero-order valence-electron chi connectivity index (χ0n) is 16.2. The van der Waals surface area contributed by atoms with Crippen LogP contribution in [0.2, 0.25) is 0 Å². The predicted octanol–water partition coefficient (Wildman–Crippen LogP) is 7.31. The fourth-order valence-corrected chi connectivity index (χ4v) is 3.16. The van der Waals surface area contributed by atoms with Crippen molar-refractivity contribution >= 4 is 5.57 Å². The third-order valence-corrected chi connectivity index (χ3v) is 5.00. The van der Waals surface area contributed by atoms with Crippen LogP contribution in [0.3, 0.4) is 0 Å². The Morgan fingerprint density at radius 3 is 1.62 bits per heavy atom. The second kappa shape index (κ2) is 7.38. The van der Waals surface area contributed by atoms with Crippen LogP contribution in [0, 0.1) is 0 Å². The fraction of sp³-hybridized carbons (Fsp3) is 0.417. The second-order valence-corrected chi connectivity index (χ2v) is 8.22. The standard InChI is InChI=1S/C24H32/c1-17(2)20-8-10-22(11-9-20)19(5)16-24(6,7)23-14-12-21(13-15-23)18(3)4/h8-15,17-18H,5,16H2,1-4,6-7H3. The van der Waals surface area contributed by atoms with E-state index in [-0.39, 0.29) is 5.41 Å². The molecule has 0 atom stereocenters. The summed E-state index contributed by atoms with van der Waals surface area (Å²) in [7, 11) is 0. The Balaban J connectivity index is 2.13. The van der Waals surface area contributed by atoms with Crippen molar-refractivity contribution in [3.63, 3.8) is 0 Å². The summed E-state index contributed by atoms with van der Waals surface area (Å²) in [5.74, 6) is 1.15. The summed E-state index contributed by atoms with van der Waals surface area (Å²) < 4.78 is 0. The summed E-state index contributed by atoms with van der Waals surface area (Å²) in [6.45, 7) is 17.9. The smallest absolute Gasteiger partial charge is 0.00632 e. The highest BCUT2D eigenvalue weighted by Gasteiger charge is 2.22. The van der Waals surface area contributed by atoms with E-state index in [4.69, 9.17) is 0 Å². The molecule has 2 aromatic carbocycles. The third kappa shape index (κ3) is 4.38. The van der Waals surface area contributed by atoms with E-state index in [0.717, 1.165) is 6.42 Å². The Bertz CT molecular complexity index is 667. The molecule has 0 fully saturated rings. The van der Waals surface area contributed by atoms with Crippen molar-refractivity contribution in [3.05, 3.63) is 77.4 Å². The largest absolute Gasteiger partial charge is 0.0952 e. The van der Waals surface area contributed by atoms with Gasteiger partial charge in [0.25, 0.3) is 0 Å². The van der Waals surface area contributed by atoms with Crippen LogP contribution in [-0.4, -0.2) is 0 Å². The topological polar surface area (TPSA) is 0 Å². The molecule has 0 aliphatic rings. The summed E-state index contributed by atoms with van der Waals surface area (Å²) in [4.78, 5) is 0. The Morgan fingerprint density at radius 2 is 1.21 bits per heavy atom. The van der Waals surface area contributed by atoms with Gasteiger partial charge in [0.05, 0.1) is 0 Å². The van der Waals surface area contributed by atoms with Gasteiger partial charge >= 0.3 is 0 Å². The van der Waals surface area contributed by atoms with Crippen molar-refractivity contribution in [2.75, 3.05) is 0 Å². The van der Waals surface area contributed by atoms with Gasteiger partial charge in [-0.1, -0.05) is 96.7 Å². The van der Waals surface area contributed by atoms with Gasteiger partial charge < -0.3 is 0 Å². The molecule has 0 heteroatoms. The maximum Gasteiger partial charge on any atom is -0.00632 e. The van der Waals surface area contributed by atoms with Gasteiger partial charge in [-0.3, -0.25) is 0 Å². The minimum Gasteiger partial charge on any atom is -0.0952 e. The van der Waals surface area contributed by atoms with Crippen molar-refractivity contribution in [1.29, 1.82) is 0 Å². The van der Waals surface area contributed by atoms with Crippen LogP contribution in [0.5, 0.6) is 0 Å². The van der Waals surface area contributed by atoms with Crippen molar-refractivity contribution in [2.45, 2.75) is 65.2 Å². The highest BCUT2D eigenvalue weighted by molar-refractivity contribution is 5.65. The molecule has 0 spiro atoms. The molecule has 0 amide bonds.